The van der Waals surface area contributed by atoms with E-state index in [0.29, 0.717) is 24.3 Å². The fourth-order valence-electron chi connectivity index (χ4n) is 3.90. The molecule has 4 heteroatoms. The van der Waals surface area contributed by atoms with Crippen LogP contribution in [0.5, 0.6) is 0 Å². The summed E-state index contributed by atoms with van der Waals surface area (Å²) in [5.41, 5.74) is 0. The molecule has 4 nitrogen and oxygen atoms in total. The molecule has 2 unspecified atom stereocenters. The summed E-state index contributed by atoms with van der Waals surface area (Å²) in [7, 11) is 0. The number of hydrogen-bond donors (Lipinski definition) is 2. The lowest BCUT2D eigenvalue weighted by Crippen LogP contribution is -2.32. The van der Waals surface area contributed by atoms with E-state index in [9.17, 15) is 9.59 Å². The van der Waals surface area contributed by atoms with Crippen LogP contribution >= 0.6 is 0 Å². The van der Waals surface area contributed by atoms with Crippen molar-refractivity contribution in [3.8, 4) is 0 Å². The Morgan fingerprint density at radius 2 is 1.80 bits per heavy atom. The lowest BCUT2D eigenvalue weighted by molar-refractivity contribution is -0.138. The summed E-state index contributed by atoms with van der Waals surface area (Å²) >= 11 is 0. The molecule has 1 amide bonds. The van der Waals surface area contributed by atoms with Crippen LogP contribution in [-0.4, -0.2) is 23.5 Å². The molecule has 0 aromatic rings. The Morgan fingerprint density at radius 3 is 2.30 bits per heavy atom. The molecule has 2 fully saturated rings. The monoisotopic (exact) mass is 281 g/mol. The van der Waals surface area contributed by atoms with Crippen molar-refractivity contribution in [1.29, 1.82) is 0 Å². The number of carboxylic acid groups (broad SMARTS) is 1. The van der Waals surface area contributed by atoms with Gasteiger partial charge in [-0.05, 0) is 42.9 Å². The van der Waals surface area contributed by atoms with E-state index in [1.54, 1.807) is 0 Å². The predicted molar refractivity (Wildman–Crippen MR) is 77.1 cm³/mol. The van der Waals surface area contributed by atoms with Crippen molar-refractivity contribution >= 4 is 11.9 Å². The maximum Gasteiger partial charge on any atom is 0.303 e. The molecule has 2 aliphatic rings. The molecule has 2 aliphatic carbocycles. The van der Waals surface area contributed by atoms with E-state index >= 15 is 0 Å². The Hall–Kier alpha value is -1.06. The van der Waals surface area contributed by atoms with Crippen molar-refractivity contribution in [1.82, 2.24) is 5.32 Å². The first-order valence-electron chi connectivity index (χ1n) is 7.98. The smallest absolute Gasteiger partial charge is 0.303 e. The molecule has 0 radical (unpaired) electrons. The van der Waals surface area contributed by atoms with Crippen molar-refractivity contribution in [3.05, 3.63) is 0 Å². The van der Waals surface area contributed by atoms with E-state index in [0.717, 1.165) is 6.42 Å². The summed E-state index contributed by atoms with van der Waals surface area (Å²) in [5.74, 6) is 1.36. The molecule has 114 valence electrons. The van der Waals surface area contributed by atoms with Crippen molar-refractivity contribution in [2.45, 2.75) is 52.4 Å². The van der Waals surface area contributed by atoms with Gasteiger partial charge in [0.15, 0.2) is 0 Å². The predicted octanol–water partition coefficient (Wildman–Crippen LogP) is 2.68. The topological polar surface area (TPSA) is 66.4 Å². The molecule has 0 aliphatic heterocycles. The molecule has 0 bridgehead atoms. The van der Waals surface area contributed by atoms with Gasteiger partial charge in [-0.3, -0.25) is 9.59 Å². The van der Waals surface area contributed by atoms with Crippen LogP contribution in [0.15, 0.2) is 0 Å². The highest BCUT2D eigenvalue weighted by molar-refractivity contribution is 5.82. The number of fused-ring (bicyclic) bond motifs is 1. The van der Waals surface area contributed by atoms with Crippen LogP contribution in [0.25, 0.3) is 0 Å². The molecule has 2 N–H and O–H groups in total. The Morgan fingerprint density at radius 1 is 1.20 bits per heavy atom. The quantitative estimate of drug-likeness (QED) is 0.754. The first kappa shape index (κ1) is 15.3. The van der Waals surface area contributed by atoms with Gasteiger partial charge in [-0.2, -0.15) is 0 Å². The Balaban J connectivity index is 1.76. The van der Waals surface area contributed by atoms with Crippen molar-refractivity contribution < 1.29 is 14.7 Å². The van der Waals surface area contributed by atoms with Gasteiger partial charge in [0.05, 0.1) is 0 Å². The first-order valence-corrected chi connectivity index (χ1v) is 7.98. The van der Waals surface area contributed by atoms with Crippen LogP contribution in [0.4, 0.5) is 0 Å². The van der Waals surface area contributed by atoms with E-state index in [2.05, 4.69) is 19.2 Å². The number of carboxylic acids is 1. The van der Waals surface area contributed by atoms with Crippen molar-refractivity contribution in [2.24, 2.45) is 29.6 Å². The lowest BCUT2D eigenvalue weighted by atomic mass is 9.94. The molecule has 0 aromatic heterocycles. The summed E-state index contributed by atoms with van der Waals surface area (Å²) in [6.45, 7) is 4.69. The second-order valence-electron chi connectivity index (χ2n) is 6.98. The SMILES string of the molecule is CC(C)C[C@H](CNC(=O)C1C2CCCCC21)CC(=O)O. The molecule has 0 heterocycles. The molecule has 2 saturated carbocycles. The Bertz CT molecular complexity index is 355. The Kier molecular flexibility index (Phi) is 5.06. The molecular weight excluding hydrogens is 254 g/mol. The van der Waals surface area contributed by atoms with Gasteiger partial charge >= 0.3 is 5.97 Å². The summed E-state index contributed by atoms with van der Waals surface area (Å²) in [4.78, 5) is 23.1. The van der Waals surface area contributed by atoms with Gasteiger partial charge in [0.2, 0.25) is 5.91 Å². The highest BCUT2D eigenvalue weighted by Gasteiger charge is 2.54. The van der Waals surface area contributed by atoms with E-state index in [1.165, 1.54) is 25.7 Å². The standard InChI is InChI=1S/C16H27NO3/c1-10(2)7-11(8-14(18)19)9-17-16(20)15-12-5-3-4-6-13(12)15/h10-13,15H,3-9H2,1-2H3,(H,17,20)(H,18,19)/t11-,12?,13?,15?/m0/s1. The average Bonchev–Trinajstić information content (AvgIpc) is 3.08. The minimum Gasteiger partial charge on any atom is -0.481 e. The van der Waals surface area contributed by atoms with Crippen LogP contribution in [0.1, 0.15) is 52.4 Å². The molecule has 20 heavy (non-hydrogen) atoms. The number of amides is 1. The van der Waals surface area contributed by atoms with Gasteiger partial charge in [-0.1, -0.05) is 26.7 Å². The maximum atomic E-state index is 12.2. The minimum absolute atomic E-state index is 0.0530. The highest BCUT2D eigenvalue weighted by atomic mass is 16.4. The molecule has 0 aromatic carbocycles. The number of carbonyl (C=O) groups is 2. The van der Waals surface area contributed by atoms with E-state index < -0.39 is 5.97 Å². The number of nitrogens with one attached hydrogen (secondary N) is 1. The third-order valence-electron chi connectivity index (χ3n) is 4.79. The van der Waals surface area contributed by atoms with Gasteiger partial charge in [0, 0.05) is 18.9 Å². The van der Waals surface area contributed by atoms with Crippen molar-refractivity contribution in [2.75, 3.05) is 6.54 Å². The number of aliphatic carboxylic acids is 1. The van der Waals surface area contributed by atoms with Crippen molar-refractivity contribution in [3.63, 3.8) is 0 Å². The number of rotatable bonds is 7. The van der Waals surface area contributed by atoms with Gasteiger partial charge in [0.25, 0.3) is 0 Å². The number of hydrogen-bond acceptors (Lipinski definition) is 2. The molecule has 0 spiro atoms. The van der Waals surface area contributed by atoms with Gasteiger partial charge in [-0.25, -0.2) is 0 Å². The largest absolute Gasteiger partial charge is 0.481 e. The second kappa shape index (κ2) is 6.59. The average molecular weight is 281 g/mol. The molecule has 0 saturated heterocycles. The maximum absolute atomic E-state index is 12.2. The zero-order chi connectivity index (χ0) is 14.7. The summed E-state index contributed by atoms with van der Waals surface area (Å²) in [6, 6.07) is 0. The van der Waals surface area contributed by atoms with Gasteiger partial charge < -0.3 is 10.4 Å². The van der Waals surface area contributed by atoms with E-state index in [4.69, 9.17) is 5.11 Å². The summed E-state index contributed by atoms with van der Waals surface area (Å²) < 4.78 is 0. The molecule has 2 rings (SSSR count). The second-order valence-corrected chi connectivity index (χ2v) is 6.98. The zero-order valence-corrected chi connectivity index (χ0v) is 12.6. The lowest BCUT2D eigenvalue weighted by Gasteiger charge is -2.17. The number of carbonyl (C=O) groups excluding carboxylic acids is 1. The molecular formula is C16H27NO3. The summed E-state index contributed by atoms with van der Waals surface area (Å²) in [6.07, 6.45) is 5.93. The first-order chi connectivity index (χ1) is 9.49. The minimum atomic E-state index is -0.773. The van der Waals surface area contributed by atoms with Crippen LogP contribution in [0.3, 0.4) is 0 Å². The Labute approximate surface area is 121 Å². The fraction of sp³-hybridized carbons (Fsp3) is 0.875. The van der Waals surface area contributed by atoms with Crippen LogP contribution in [-0.2, 0) is 9.59 Å². The molecule has 3 atom stereocenters. The highest BCUT2D eigenvalue weighted by Crippen LogP contribution is 2.55. The summed E-state index contributed by atoms with van der Waals surface area (Å²) in [5, 5.41) is 11.9. The van der Waals surface area contributed by atoms with E-state index in [1.807, 2.05) is 0 Å². The van der Waals surface area contributed by atoms with Crippen LogP contribution in [0.2, 0.25) is 0 Å². The van der Waals surface area contributed by atoms with Gasteiger partial charge in [0.1, 0.15) is 0 Å². The normalized spacial score (nSPS) is 29.6. The fourth-order valence-corrected chi connectivity index (χ4v) is 3.90. The van der Waals surface area contributed by atoms with E-state index in [-0.39, 0.29) is 24.2 Å². The van der Waals surface area contributed by atoms with Crippen LogP contribution < -0.4 is 5.32 Å². The third-order valence-corrected chi connectivity index (χ3v) is 4.79. The van der Waals surface area contributed by atoms with Gasteiger partial charge in [-0.15, -0.1) is 0 Å². The third kappa shape index (κ3) is 3.97. The van der Waals surface area contributed by atoms with Crippen LogP contribution in [0, 0.1) is 29.6 Å². The zero-order valence-electron chi connectivity index (χ0n) is 12.6.